The van der Waals surface area contributed by atoms with Gasteiger partial charge < -0.3 is 11.1 Å². The normalized spacial score (nSPS) is 12.7. The van der Waals surface area contributed by atoms with Gasteiger partial charge in [0.05, 0.1) is 0 Å². The molecule has 1 aromatic carbocycles. The van der Waals surface area contributed by atoms with E-state index in [1.165, 1.54) is 10.5 Å². The summed E-state index contributed by atoms with van der Waals surface area (Å²) in [6.45, 7) is 7.02. The van der Waals surface area contributed by atoms with Crippen molar-refractivity contribution in [2.24, 2.45) is 11.7 Å². The zero-order valence-corrected chi connectivity index (χ0v) is 12.1. The minimum absolute atomic E-state index is 0.0858. The topological polar surface area (TPSA) is 55.1 Å². The van der Waals surface area contributed by atoms with E-state index in [9.17, 15) is 4.79 Å². The lowest BCUT2D eigenvalue weighted by atomic mass is 10.2. The van der Waals surface area contributed by atoms with Crippen LogP contribution < -0.4 is 11.1 Å². The van der Waals surface area contributed by atoms with Gasteiger partial charge in [0.2, 0.25) is 5.91 Å². The Hall–Kier alpha value is -1.00. The highest BCUT2D eigenvalue weighted by Gasteiger charge is 2.08. The highest BCUT2D eigenvalue weighted by Crippen LogP contribution is 2.21. The first-order chi connectivity index (χ1) is 8.49. The fourth-order valence-electron chi connectivity index (χ4n) is 1.33. The Morgan fingerprint density at radius 1 is 1.28 bits per heavy atom. The lowest BCUT2D eigenvalue weighted by Crippen LogP contribution is -2.22. The number of carbonyl (C=O) groups excluding carboxylic acids is 1. The molecule has 0 aromatic heterocycles. The Morgan fingerprint density at radius 2 is 1.89 bits per heavy atom. The van der Waals surface area contributed by atoms with Crippen molar-refractivity contribution in [1.82, 2.24) is 5.32 Å². The maximum atomic E-state index is 10.9. The number of thioether (sulfide) groups is 1. The van der Waals surface area contributed by atoms with E-state index in [-0.39, 0.29) is 11.8 Å². The molecule has 4 heteroatoms. The van der Waals surface area contributed by atoms with E-state index >= 15 is 0 Å². The van der Waals surface area contributed by atoms with Gasteiger partial charge in [-0.25, -0.2) is 0 Å². The predicted molar refractivity (Wildman–Crippen MR) is 77.5 cm³/mol. The molecule has 0 saturated carbocycles. The molecule has 0 aliphatic heterocycles. The molecule has 1 atom stereocenters. The molecular weight excluding hydrogens is 244 g/mol. The molecule has 18 heavy (non-hydrogen) atoms. The molecular formula is C14H22N2OS. The van der Waals surface area contributed by atoms with Gasteiger partial charge in [-0.15, -0.1) is 11.8 Å². The lowest BCUT2D eigenvalue weighted by Gasteiger charge is -2.09. The number of hydrogen-bond acceptors (Lipinski definition) is 3. The predicted octanol–water partition coefficient (Wildman–Crippen LogP) is 2.40. The first kappa shape index (κ1) is 15.1. The molecule has 3 nitrogen and oxygen atoms in total. The third-order valence-electron chi connectivity index (χ3n) is 2.62. The van der Waals surface area contributed by atoms with Crippen molar-refractivity contribution < 1.29 is 4.79 Å². The largest absolute Gasteiger partial charge is 0.369 e. The van der Waals surface area contributed by atoms with Gasteiger partial charge in [-0.05, 0) is 17.7 Å². The standard InChI is InChI=1S/C14H22N2OS/c1-10(2)16-8-12-4-6-13(7-5-12)18-9-11(3)14(15)17/h4-7,10-11,16H,8-9H2,1-3H3,(H2,15,17). The van der Waals surface area contributed by atoms with Crippen LogP contribution in [0.5, 0.6) is 0 Å². The summed E-state index contributed by atoms with van der Waals surface area (Å²) in [6.07, 6.45) is 0. The van der Waals surface area contributed by atoms with Crippen LogP contribution >= 0.6 is 11.8 Å². The van der Waals surface area contributed by atoms with Crippen molar-refractivity contribution in [3.63, 3.8) is 0 Å². The first-order valence-corrected chi connectivity index (χ1v) is 7.22. The third-order valence-corrected chi connectivity index (χ3v) is 3.90. The minimum atomic E-state index is -0.236. The van der Waals surface area contributed by atoms with Crippen LogP contribution in [0.1, 0.15) is 26.3 Å². The molecule has 100 valence electrons. The fourth-order valence-corrected chi connectivity index (χ4v) is 2.26. The van der Waals surface area contributed by atoms with Gasteiger partial charge in [-0.3, -0.25) is 4.79 Å². The summed E-state index contributed by atoms with van der Waals surface area (Å²) in [4.78, 5) is 12.1. The zero-order chi connectivity index (χ0) is 13.5. The van der Waals surface area contributed by atoms with E-state index in [0.29, 0.717) is 6.04 Å². The maximum absolute atomic E-state index is 10.9. The summed E-state index contributed by atoms with van der Waals surface area (Å²) in [6, 6.07) is 8.92. The van der Waals surface area contributed by atoms with Crippen LogP contribution in [-0.2, 0) is 11.3 Å². The van der Waals surface area contributed by atoms with Crippen molar-refractivity contribution >= 4 is 17.7 Å². The highest BCUT2D eigenvalue weighted by molar-refractivity contribution is 7.99. The van der Waals surface area contributed by atoms with Crippen LogP contribution in [0, 0.1) is 5.92 Å². The Morgan fingerprint density at radius 3 is 2.39 bits per heavy atom. The van der Waals surface area contributed by atoms with E-state index in [1.807, 2.05) is 6.92 Å². The number of carbonyl (C=O) groups is 1. The second-order valence-electron chi connectivity index (χ2n) is 4.79. The quantitative estimate of drug-likeness (QED) is 0.745. The average molecular weight is 266 g/mol. The van der Waals surface area contributed by atoms with Crippen LogP contribution in [0.15, 0.2) is 29.2 Å². The van der Waals surface area contributed by atoms with E-state index in [0.717, 1.165) is 12.3 Å². The minimum Gasteiger partial charge on any atom is -0.369 e. The average Bonchev–Trinajstić information content (AvgIpc) is 2.34. The summed E-state index contributed by atoms with van der Waals surface area (Å²) < 4.78 is 0. The smallest absolute Gasteiger partial charge is 0.221 e. The van der Waals surface area contributed by atoms with Crippen LogP contribution in [0.2, 0.25) is 0 Å². The molecule has 0 spiro atoms. The highest BCUT2D eigenvalue weighted by atomic mass is 32.2. The lowest BCUT2D eigenvalue weighted by molar-refractivity contribution is -0.120. The summed E-state index contributed by atoms with van der Waals surface area (Å²) >= 11 is 1.67. The molecule has 1 aromatic rings. The Labute approximate surface area is 114 Å². The van der Waals surface area contributed by atoms with E-state index in [4.69, 9.17) is 5.73 Å². The van der Waals surface area contributed by atoms with Gasteiger partial charge >= 0.3 is 0 Å². The second kappa shape index (κ2) is 7.44. The number of nitrogens with one attached hydrogen (secondary N) is 1. The molecule has 1 amide bonds. The Balaban J connectivity index is 2.42. The molecule has 0 aliphatic carbocycles. The summed E-state index contributed by atoms with van der Waals surface area (Å²) in [5.41, 5.74) is 6.51. The van der Waals surface area contributed by atoms with Gasteiger partial charge in [-0.2, -0.15) is 0 Å². The van der Waals surface area contributed by atoms with Crippen molar-refractivity contribution in [2.75, 3.05) is 5.75 Å². The molecule has 1 unspecified atom stereocenters. The molecule has 0 bridgehead atoms. The molecule has 0 saturated heterocycles. The van der Waals surface area contributed by atoms with Gasteiger partial charge in [-0.1, -0.05) is 32.9 Å². The summed E-state index contributed by atoms with van der Waals surface area (Å²) in [5, 5.41) is 3.38. The molecule has 0 heterocycles. The van der Waals surface area contributed by atoms with Crippen LogP contribution in [0.3, 0.4) is 0 Å². The molecule has 0 radical (unpaired) electrons. The van der Waals surface area contributed by atoms with E-state index in [1.54, 1.807) is 11.8 Å². The van der Waals surface area contributed by atoms with Gasteiger partial charge in [0.1, 0.15) is 0 Å². The van der Waals surface area contributed by atoms with Gasteiger partial charge in [0, 0.05) is 29.2 Å². The van der Waals surface area contributed by atoms with Crippen LogP contribution in [-0.4, -0.2) is 17.7 Å². The van der Waals surface area contributed by atoms with Crippen molar-refractivity contribution in [3.8, 4) is 0 Å². The molecule has 0 aliphatic rings. The van der Waals surface area contributed by atoms with Gasteiger partial charge in [0.25, 0.3) is 0 Å². The maximum Gasteiger partial charge on any atom is 0.221 e. The molecule has 0 fully saturated rings. The number of primary amides is 1. The number of rotatable bonds is 7. The second-order valence-corrected chi connectivity index (χ2v) is 5.89. The Kier molecular flexibility index (Phi) is 6.22. The third kappa shape index (κ3) is 5.56. The van der Waals surface area contributed by atoms with Crippen molar-refractivity contribution in [3.05, 3.63) is 29.8 Å². The fraction of sp³-hybridized carbons (Fsp3) is 0.500. The number of amides is 1. The number of nitrogens with two attached hydrogens (primary N) is 1. The van der Waals surface area contributed by atoms with E-state index in [2.05, 4.69) is 43.4 Å². The Bertz CT molecular complexity index is 376. The number of benzene rings is 1. The van der Waals surface area contributed by atoms with Crippen molar-refractivity contribution in [1.29, 1.82) is 0 Å². The van der Waals surface area contributed by atoms with Gasteiger partial charge in [0.15, 0.2) is 0 Å². The monoisotopic (exact) mass is 266 g/mol. The SMILES string of the molecule is CC(C)NCc1ccc(SCC(C)C(N)=O)cc1. The zero-order valence-electron chi connectivity index (χ0n) is 11.3. The summed E-state index contributed by atoms with van der Waals surface area (Å²) in [7, 11) is 0. The van der Waals surface area contributed by atoms with Crippen molar-refractivity contribution in [2.45, 2.75) is 38.3 Å². The molecule has 3 N–H and O–H groups in total. The van der Waals surface area contributed by atoms with Crippen LogP contribution in [0.4, 0.5) is 0 Å². The van der Waals surface area contributed by atoms with E-state index < -0.39 is 0 Å². The number of hydrogen-bond donors (Lipinski definition) is 2. The molecule has 1 rings (SSSR count). The first-order valence-electron chi connectivity index (χ1n) is 6.23. The van der Waals surface area contributed by atoms with Crippen LogP contribution in [0.25, 0.3) is 0 Å². The summed E-state index contributed by atoms with van der Waals surface area (Å²) in [5.74, 6) is 0.413.